The maximum absolute atomic E-state index is 10.6. The highest BCUT2D eigenvalue weighted by Gasteiger charge is 2.24. The molecule has 1 unspecified atom stereocenters. The lowest BCUT2D eigenvalue weighted by Gasteiger charge is -2.35. The molecule has 1 heterocycles. The van der Waals surface area contributed by atoms with Crippen LogP contribution < -0.4 is 0 Å². The van der Waals surface area contributed by atoms with Crippen molar-refractivity contribution in [2.45, 2.75) is 44.8 Å². The first-order valence-electron chi connectivity index (χ1n) is 5.27. The quantitative estimate of drug-likeness (QED) is 0.702. The standard InChI is InChI=1S/C10H19NO3/c1-2-8(7-10(13)14)11-5-3-9(12)4-6-11/h8-9,12H,2-7H2,1H3,(H,13,14). The predicted octanol–water partition coefficient (Wildman–Crippen LogP) is 0.696. The van der Waals surface area contributed by atoms with Gasteiger partial charge in [0.25, 0.3) is 0 Å². The van der Waals surface area contributed by atoms with Crippen molar-refractivity contribution in [2.75, 3.05) is 13.1 Å². The Balaban J connectivity index is 2.40. The van der Waals surface area contributed by atoms with Crippen LogP contribution in [0.15, 0.2) is 0 Å². The van der Waals surface area contributed by atoms with E-state index in [1.54, 1.807) is 0 Å². The SMILES string of the molecule is CCC(CC(=O)O)N1CCC(O)CC1. The predicted molar refractivity (Wildman–Crippen MR) is 53.1 cm³/mol. The first-order valence-corrected chi connectivity index (χ1v) is 5.27. The highest BCUT2D eigenvalue weighted by Crippen LogP contribution is 2.16. The fourth-order valence-electron chi connectivity index (χ4n) is 1.98. The fourth-order valence-corrected chi connectivity index (χ4v) is 1.98. The Morgan fingerprint density at radius 1 is 1.50 bits per heavy atom. The van der Waals surface area contributed by atoms with Crippen LogP contribution >= 0.6 is 0 Å². The minimum atomic E-state index is -0.733. The molecule has 0 saturated carbocycles. The van der Waals surface area contributed by atoms with Crippen molar-refractivity contribution in [1.29, 1.82) is 0 Å². The van der Waals surface area contributed by atoms with Crippen molar-refractivity contribution in [2.24, 2.45) is 0 Å². The van der Waals surface area contributed by atoms with Crippen LogP contribution in [0.25, 0.3) is 0 Å². The number of hydrogen-bond acceptors (Lipinski definition) is 3. The van der Waals surface area contributed by atoms with E-state index in [-0.39, 0.29) is 18.6 Å². The van der Waals surface area contributed by atoms with Crippen LogP contribution in [0.1, 0.15) is 32.6 Å². The highest BCUT2D eigenvalue weighted by molar-refractivity contribution is 5.67. The lowest BCUT2D eigenvalue weighted by molar-refractivity contribution is -0.138. The third kappa shape index (κ3) is 3.27. The average Bonchev–Trinajstić information content (AvgIpc) is 2.15. The zero-order valence-corrected chi connectivity index (χ0v) is 8.65. The summed E-state index contributed by atoms with van der Waals surface area (Å²) >= 11 is 0. The second kappa shape index (κ2) is 5.32. The molecule has 14 heavy (non-hydrogen) atoms. The van der Waals surface area contributed by atoms with Crippen LogP contribution in [0.4, 0.5) is 0 Å². The lowest BCUT2D eigenvalue weighted by Crippen LogP contribution is -2.43. The maximum Gasteiger partial charge on any atom is 0.304 e. The molecule has 0 aromatic heterocycles. The summed E-state index contributed by atoms with van der Waals surface area (Å²) in [5.74, 6) is -0.733. The van der Waals surface area contributed by atoms with Crippen molar-refractivity contribution >= 4 is 5.97 Å². The molecule has 4 nitrogen and oxygen atoms in total. The van der Waals surface area contributed by atoms with Gasteiger partial charge in [-0.2, -0.15) is 0 Å². The number of aliphatic carboxylic acids is 1. The molecule has 1 rings (SSSR count). The van der Waals surface area contributed by atoms with E-state index in [4.69, 9.17) is 5.11 Å². The molecule has 1 aliphatic rings. The van der Waals surface area contributed by atoms with Gasteiger partial charge in [0.05, 0.1) is 12.5 Å². The molecule has 0 spiro atoms. The number of rotatable bonds is 4. The summed E-state index contributed by atoms with van der Waals surface area (Å²) in [5.41, 5.74) is 0. The summed E-state index contributed by atoms with van der Waals surface area (Å²) in [7, 11) is 0. The van der Waals surface area contributed by atoms with E-state index in [9.17, 15) is 9.90 Å². The Morgan fingerprint density at radius 2 is 2.07 bits per heavy atom. The zero-order chi connectivity index (χ0) is 10.6. The number of hydrogen-bond donors (Lipinski definition) is 2. The van der Waals surface area contributed by atoms with Crippen molar-refractivity contribution < 1.29 is 15.0 Å². The average molecular weight is 201 g/mol. The second-order valence-electron chi connectivity index (χ2n) is 3.93. The van der Waals surface area contributed by atoms with Gasteiger partial charge in [0.2, 0.25) is 0 Å². The monoisotopic (exact) mass is 201 g/mol. The van der Waals surface area contributed by atoms with Crippen LogP contribution in [0.2, 0.25) is 0 Å². The molecule has 0 aliphatic carbocycles. The molecular formula is C10H19NO3. The third-order valence-corrected chi connectivity index (χ3v) is 2.90. The fraction of sp³-hybridized carbons (Fsp3) is 0.900. The van der Waals surface area contributed by atoms with E-state index in [0.717, 1.165) is 32.4 Å². The topological polar surface area (TPSA) is 60.8 Å². The molecule has 82 valence electrons. The second-order valence-corrected chi connectivity index (χ2v) is 3.93. The summed E-state index contributed by atoms with van der Waals surface area (Å²) in [6.45, 7) is 3.67. The molecule has 1 fully saturated rings. The number of likely N-dealkylation sites (tertiary alicyclic amines) is 1. The lowest BCUT2D eigenvalue weighted by atomic mass is 10.0. The van der Waals surface area contributed by atoms with E-state index in [2.05, 4.69) is 4.90 Å². The van der Waals surface area contributed by atoms with Crippen LogP contribution in [-0.4, -0.2) is 46.3 Å². The summed E-state index contributed by atoms with van der Waals surface area (Å²) in [5, 5.41) is 18.0. The van der Waals surface area contributed by atoms with Crippen molar-refractivity contribution in [1.82, 2.24) is 4.90 Å². The van der Waals surface area contributed by atoms with Crippen molar-refractivity contribution in [3.8, 4) is 0 Å². The molecule has 2 N–H and O–H groups in total. The number of aliphatic hydroxyl groups excluding tert-OH is 1. The minimum Gasteiger partial charge on any atom is -0.481 e. The number of carboxylic acid groups (broad SMARTS) is 1. The maximum atomic E-state index is 10.6. The molecule has 1 saturated heterocycles. The molecule has 0 aromatic carbocycles. The molecule has 1 aliphatic heterocycles. The van der Waals surface area contributed by atoms with Gasteiger partial charge in [-0.1, -0.05) is 6.92 Å². The first kappa shape index (κ1) is 11.5. The minimum absolute atomic E-state index is 0.139. The van der Waals surface area contributed by atoms with Gasteiger partial charge in [-0.3, -0.25) is 9.69 Å². The Bertz CT molecular complexity index is 188. The Hall–Kier alpha value is -0.610. The van der Waals surface area contributed by atoms with Crippen LogP contribution in [0.3, 0.4) is 0 Å². The number of piperidine rings is 1. The molecule has 0 radical (unpaired) electrons. The Labute approximate surface area is 84.5 Å². The molecule has 0 amide bonds. The smallest absolute Gasteiger partial charge is 0.304 e. The number of carboxylic acids is 1. The summed E-state index contributed by atoms with van der Waals surface area (Å²) in [6.07, 6.45) is 2.44. The summed E-state index contributed by atoms with van der Waals surface area (Å²) in [4.78, 5) is 12.8. The normalized spacial score (nSPS) is 22.1. The number of carbonyl (C=O) groups is 1. The van der Waals surface area contributed by atoms with Gasteiger partial charge in [-0.05, 0) is 19.3 Å². The van der Waals surface area contributed by atoms with Gasteiger partial charge < -0.3 is 10.2 Å². The Kier molecular flexibility index (Phi) is 4.35. The summed E-state index contributed by atoms with van der Waals surface area (Å²) < 4.78 is 0. The van der Waals surface area contributed by atoms with Gasteiger partial charge in [-0.15, -0.1) is 0 Å². The number of nitrogens with zero attached hydrogens (tertiary/aromatic N) is 1. The van der Waals surface area contributed by atoms with Gasteiger partial charge >= 0.3 is 5.97 Å². The van der Waals surface area contributed by atoms with E-state index in [0.29, 0.717) is 0 Å². The van der Waals surface area contributed by atoms with Gasteiger partial charge in [-0.25, -0.2) is 0 Å². The molecule has 0 aromatic rings. The highest BCUT2D eigenvalue weighted by atomic mass is 16.4. The first-order chi connectivity index (χ1) is 6.63. The molecule has 4 heteroatoms. The van der Waals surface area contributed by atoms with Gasteiger partial charge in [0.1, 0.15) is 0 Å². The summed E-state index contributed by atoms with van der Waals surface area (Å²) in [6, 6.07) is 0.139. The number of aliphatic hydroxyl groups is 1. The van der Waals surface area contributed by atoms with Crippen LogP contribution in [0.5, 0.6) is 0 Å². The van der Waals surface area contributed by atoms with E-state index in [1.165, 1.54) is 0 Å². The molecular weight excluding hydrogens is 182 g/mol. The van der Waals surface area contributed by atoms with E-state index < -0.39 is 5.97 Å². The largest absolute Gasteiger partial charge is 0.481 e. The van der Waals surface area contributed by atoms with Crippen molar-refractivity contribution in [3.63, 3.8) is 0 Å². The zero-order valence-electron chi connectivity index (χ0n) is 8.65. The van der Waals surface area contributed by atoms with Crippen LogP contribution in [-0.2, 0) is 4.79 Å². The van der Waals surface area contributed by atoms with E-state index >= 15 is 0 Å². The third-order valence-electron chi connectivity index (χ3n) is 2.90. The van der Waals surface area contributed by atoms with Crippen molar-refractivity contribution in [3.05, 3.63) is 0 Å². The molecule has 1 atom stereocenters. The van der Waals surface area contributed by atoms with Gasteiger partial charge in [0, 0.05) is 19.1 Å². The van der Waals surface area contributed by atoms with E-state index in [1.807, 2.05) is 6.92 Å². The van der Waals surface area contributed by atoms with Gasteiger partial charge in [0.15, 0.2) is 0 Å². The molecule has 0 bridgehead atoms. The Morgan fingerprint density at radius 3 is 2.50 bits per heavy atom. The van der Waals surface area contributed by atoms with Crippen LogP contribution in [0, 0.1) is 0 Å².